The maximum absolute atomic E-state index is 8.99. The number of rotatable bonds is 2. The van der Waals surface area contributed by atoms with Gasteiger partial charge in [0, 0.05) is 18.8 Å². The summed E-state index contributed by atoms with van der Waals surface area (Å²) in [6, 6.07) is 8.50. The molecule has 1 aliphatic heterocycles. The van der Waals surface area contributed by atoms with E-state index in [-0.39, 0.29) is 6.61 Å². The molecule has 0 radical (unpaired) electrons. The molecule has 1 unspecified atom stereocenters. The van der Waals surface area contributed by atoms with Crippen molar-refractivity contribution < 1.29 is 5.11 Å². The molecule has 1 aliphatic rings. The van der Waals surface area contributed by atoms with Gasteiger partial charge in [0.2, 0.25) is 0 Å². The normalized spacial score (nSPS) is 20.7. The van der Waals surface area contributed by atoms with Crippen LogP contribution in [-0.2, 0) is 6.42 Å². The average Bonchev–Trinajstić information content (AvgIpc) is 2.18. The van der Waals surface area contributed by atoms with E-state index < -0.39 is 0 Å². The van der Waals surface area contributed by atoms with E-state index in [2.05, 4.69) is 36.1 Å². The molecule has 0 bridgehead atoms. The third-order valence-electron chi connectivity index (χ3n) is 2.80. The molecule has 1 aromatic carbocycles. The lowest BCUT2D eigenvalue weighted by Gasteiger charge is -2.34. The van der Waals surface area contributed by atoms with E-state index in [1.165, 1.54) is 11.3 Å². The Bertz CT molecular complexity index is 311. The Labute approximate surface area is 85.2 Å². The van der Waals surface area contributed by atoms with E-state index >= 15 is 0 Å². The summed E-state index contributed by atoms with van der Waals surface area (Å²) in [6.07, 6.45) is 1.16. The molecule has 2 rings (SSSR count). The molecule has 0 fully saturated rings. The van der Waals surface area contributed by atoms with E-state index in [1.54, 1.807) is 0 Å². The maximum Gasteiger partial charge on any atom is 0.0606 e. The zero-order valence-corrected chi connectivity index (χ0v) is 8.61. The van der Waals surface area contributed by atoms with Crippen molar-refractivity contribution in [2.24, 2.45) is 5.92 Å². The molecule has 76 valence electrons. The first-order valence-corrected chi connectivity index (χ1v) is 5.25. The van der Waals surface area contributed by atoms with Crippen molar-refractivity contribution in [3.8, 4) is 0 Å². The molecule has 2 heteroatoms. The molecule has 1 atom stereocenters. The lowest BCUT2D eigenvalue weighted by Crippen LogP contribution is -2.36. The van der Waals surface area contributed by atoms with Crippen LogP contribution in [0.5, 0.6) is 0 Å². The van der Waals surface area contributed by atoms with Crippen LogP contribution in [0.2, 0.25) is 0 Å². The fourth-order valence-corrected chi connectivity index (χ4v) is 2.24. The second-order valence-corrected chi connectivity index (χ2v) is 4.11. The summed E-state index contributed by atoms with van der Waals surface area (Å²) < 4.78 is 0. The zero-order chi connectivity index (χ0) is 9.97. The third kappa shape index (κ3) is 1.75. The van der Waals surface area contributed by atoms with Crippen LogP contribution in [0.15, 0.2) is 24.3 Å². The second kappa shape index (κ2) is 4.01. The van der Waals surface area contributed by atoms with Gasteiger partial charge in [0.15, 0.2) is 0 Å². The van der Waals surface area contributed by atoms with E-state index in [4.69, 9.17) is 5.11 Å². The quantitative estimate of drug-likeness (QED) is 0.768. The van der Waals surface area contributed by atoms with Crippen LogP contribution >= 0.6 is 0 Å². The van der Waals surface area contributed by atoms with Crippen molar-refractivity contribution in [2.45, 2.75) is 13.3 Å². The molecular weight excluding hydrogens is 174 g/mol. The molecule has 1 aromatic rings. The molecule has 0 aromatic heterocycles. The van der Waals surface area contributed by atoms with Crippen molar-refractivity contribution in [2.75, 3.05) is 24.6 Å². The highest BCUT2D eigenvalue weighted by Crippen LogP contribution is 2.28. The Hall–Kier alpha value is -1.02. The molecule has 0 saturated carbocycles. The van der Waals surface area contributed by atoms with Crippen molar-refractivity contribution >= 4 is 5.69 Å². The van der Waals surface area contributed by atoms with Crippen LogP contribution in [0.3, 0.4) is 0 Å². The number of hydrogen-bond acceptors (Lipinski definition) is 2. The second-order valence-electron chi connectivity index (χ2n) is 4.11. The van der Waals surface area contributed by atoms with Crippen molar-refractivity contribution in [3.05, 3.63) is 29.8 Å². The smallest absolute Gasteiger partial charge is 0.0606 e. The van der Waals surface area contributed by atoms with Crippen LogP contribution in [-0.4, -0.2) is 24.8 Å². The van der Waals surface area contributed by atoms with E-state index in [1.807, 2.05) is 0 Å². The van der Waals surface area contributed by atoms with Gasteiger partial charge in [-0.1, -0.05) is 25.1 Å². The lowest BCUT2D eigenvalue weighted by molar-refractivity contribution is 0.298. The molecule has 1 N–H and O–H groups in total. The average molecular weight is 191 g/mol. The number of nitrogens with zero attached hydrogens (tertiary/aromatic N) is 1. The highest BCUT2D eigenvalue weighted by atomic mass is 16.3. The number of β-amino-alcohol motifs (C(OH)–C–C–N with tert-alkyl or cyclic N) is 1. The van der Waals surface area contributed by atoms with Gasteiger partial charge in [-0.2, -0.15) is 0 Å². The van der Waals surface area contributed by atoms with Crippen molar-refractivity contribution in [1.82, 2.24) is 0 Å². The van der Waals surface area contributed by atoms with Gasteiger partial charge < -0.3 is 10.0 Å². The maximum atomic E-state index is 8.99. The highest BCUT2D eigenvalue weighted by Gasteiger charge is 2.20. The third-order valence-corrected chi connectivity index (χ3v) is 2.80. The van der Waals surface area contributed by atoms with Gasteiger partial charge in [-0.15, -0.1) is 0 Å². The molecule has 1 heterocycles. The Morgan fingerprint density at radius 2 is 2.21 bits per heavy atom. The minimum absolute atomic E-state index is 0.237. The Kier molecular flexibility index (Phi) is 2.73. The molecule has 0 aliphatic carbocycles. The van der Waals surface area contributed by atoms with Gasteiger partial charge in [-0.3, -0.25) is 0 Å². The zero-order valence-electron chi connectivity index (χ0n) is 8.61. The summed E-state index contributed by atoms with van der Waals surface area (Å²) in [5, 5.41) is 8.99. The summed E-state index contributed by atoms with van der Waals surface area (Å²) in [5.41, 5.74) is 2.72. The number of aliphatic hydroxyl groups is 1. The molecule has 14 heavy (non-hydrogen) atoms. The first-order chi connectivity index (χ1) is 6.81. The van der Waals surface area contributed by atoms with Gasteiger partial charge in [0.1, 0.15) is 0 Å². The van der Waals surface area contributed by atoms with Gasteiger partial charge in [0.25, 0.3) is 0 Å². The standard InChI is InChI=1S/C12H17NO/c1-10-8-11-4-2-3-5-12(11)13(9-10)6-7-14/h2-5,10,14H,6-9H2,1H3. The molecule has 0 saturated heterocycles. The van der Waals surface area contributed by atoms with Crippen molar-refractivity contribution in [1.29, 1.82) is 0 Å². The predicted molar refractivity (Wildman–Crippen MR) is 58.6 cm³/mol. The highest BCUT2D eigenvalue weighted by molar-refractivity contribution is 5.55. The van der Waals surface area contributed by atoms with Crippen molar-refractivity contribution in [3.63, 3.8) is 0 Å². The number of fused-ring (bicyclic) bond motifs is 1. The largest absolute Gasteiger partial charge is 0.395 e. The lowest BCUT2D eigenvalue weighted by atomic mass is 9.94. The van der Waals surface area contributed by atoms with Gasteiger partial charge in [0.05, 0.1) is 6.61 Å². The first kappa shape index (κ1) is 9.53. The minimum atomic E-state index is 0.237. The van der Waals surface area contributed by atoms with Crippen LogP contribution in [0.1, 0.15) is 12.5 Å². The predicted octanol–water partition coefficient (Wildman–Crippen LogP) is 1.68. The van der Waals surface area contributed by atoms with E-state index in [0.717, 1.165) is 19.5 Å². The molecule has 0 amide bonds. The summed E-state index contributed by atoms with van der Waals surface area (Å²) in [6.45, 7) is 4.32. The number of hydrogen-bond donors (Lipinski definition) is 1. The topological polar surface area (TPSA) is 23.5 Å². The fraction of sp³-hybridized carbons (Fsp3) is 0.500. The van der Waals surface area contributed by atoms with Crippen LogP contribution in [0, 0.1) is 5.92 Å². The molecule has 2 nitrogen and oxygen atoms in total. The first-order valence-electron chi connectivity index (χ1n) is 5.25. The SMILES string of the molecule is CC1Cc2ccccc2N(CCO)C1. The van der Waals surface area contributed by atoms with E-state index in [0.29, 0.717) is 5.92 Å². The number of para-hydroxylation sites is 1. The monoisotopic (exact) mass is 191 g/mol. The molecule has 0 spiro atoms. The number of aliphatic hydroxyl groups excluding tert-OH is 1. The summed E-state index contributed by atoms with van der Waals surface area (Å²) in [5.74, 6) is 0.691. The van der Waals surface area contributed by atoms with Gasteiger partial charge in [-0.25, -0.2) is 0 Å². The van der Waals surface area contributed by atoms with Crippen LogP contribution in [0.4, 0.5) is 5.69 Å². The number of benzene rings is 1. The summed E-state index contributed by atoms with van der Waals surface area (Å²) in [7, 11) is 0. The van der Waals surface area contributed by atoms with Crippen LogP contribution in [0.25, 0.3) is 0 Å². The summed E-state index contributed by atoms with van der Waals surface area (Å²) >= 11 is 0. The minimum Gasteiger partial charge on any atom is -0.395 e. The summed E-state index contributed by atoms with van der Waals surface area (Å²) in [4.78, 5) is 2.28. The van der Waals surface area contributed by atoms with Gasteiger partial charge >= 0.3 is 0 Å². The van der Waals surface area contributed by atoms with E-state index in [9.17, 15) is 0 Å². The Morgan fingerprint density at radius 1 is 1.43 bits per heavy atom. The number of anilines is 1. The van der Waals surface area contributed by atoms with Crippen LogP contribution < -0.4 is 4.90 Å². The Balaban J connectivity index is 2.28. The fourth-order valence-electron chi connectivity index (χ4n) is 2.24. The molecular formula is C12H17NO. The van der Waals surface area contributed by atoms with Gasteiger partial charge in [-0.05, 0) is 24.0 Å². The Morgan fingerprint density at radius 3 is 3.00 bits per heavy atom.